The fourth-order valence-electron chi connectivity index (χ4n) is 2.90. The smallest absolute Gasteiger partial charge is 0.231 e. The van der Waals surface area contributed by atoms with E-state index in [2.05, 4.69) is 5.32 Å². The lowest BCUT2D eigenvalue weighted by atomic mass is 10.0. The number of hydrogen-bond acceptors (Lipinski definition) is 4. The Labute approximate surface area is 118 Å². The Morgan fingerprint density at radius 1 is 1.35 bits per heavy atom. The molecule has 2 aliphatic rings. The Morgan fingerprint density at radius 2 is 2.15 bits per heavy atom. The lowest BCUT2D eigenvalue weighted by Crippen LogP contribution is -2.39. The molecule has 5 nitrogen and oxygen atoms in total. The molecule has 0 bridgehead atoms. The first-order chi connectivity index (χ1) is 9.65. The number of nitrogens with one attached hydrogen (secondary N) is 1. The van der Waals surface area contributed by atoms with Gasteiger partial charge in [0.05, 0.1) is 12.0 Å². The fraction of sp³-hybridized carbons (Fsp3) is 0.533. The maximum Gasteiger partial charge on any atom is 0.231 e. The summed E-state index contributed by atoms with van der Waals surface area (Å²) in [6.45, 7) is 2.23. The van der Waals surface area contributed by atoms with Crippen LogP contribution < -0.4 is 20.5 Å². The number of benzene rings is 1. The highest BCUT2D eigenvalue weighted by Crippen LogP contribution is 2.34. The van der Waals surface area contributed by atoms with E-state index >= 15 is 0 Å². The van der Waals surface area contributed by atoms with E-state index in [1.165, 1.54) is 0 Å². The van der Waals surface area contributed by atoms with Gasteiger partial charge in [-0.05, 0) is 37.5 Å². The summed E-state index contributed by atoms with van der Waals surface area (Å²) in [5.41, 5.74) is 6.98. The minimum Gasteiger partial charge on any atom is -0.454 e. The first-order valence-corrected chi connectivity index (χ1v) is 7.10. The molecular formula is C15H20N2O3. The molecule has 0 aromatic heterocycles. The largest absolute Gasteiger partial charge is 0.454 e. The highest BCUT2D eigenvalue weighted by molar-refractivity contribution is 5.80. The lowest BCUT2D eigenvalue weighted by molar-refractivity contribution is -0.125. The molecule has 1 aliphatic carbocycles. The third-order valence-corrected chi connectivity index (χ3v) is 4.16. The highest BCUT2D eigenvalue weighted by Gasteiger charge is 2.31. The van der Waals surface area contributed by atoms with Gasteiger partial charge in [0.1, 0.15) is 0 Å². The third kappa shape index (κ3) is 2.45. The SMILES string of the molecule is CC(NC(=O)C1CCCC1N)c1ccc2c(c1)OCO2. The molecule has 3 unspecified atom stereocenters. The van der Waals surface area contributed by atoms with Crippen LogP contribution in [0.5, 0.6) is 11.5 Å². The predicted molar refractivity (Wildman–Crippen MR) is 74.4 cm³/mol. The van der Waals surface area contributed by atoms with Gasteiger partial charge in [-0.25, -0.2) is 0 Å². The van der Waals surface area contributed by atoms with Gasteiger partial charge >= 0.3 is 0 Å². The number of hydrogen-bond donors (Lipinski definition) is 2. The third-order valence-electron chi connectivity index (χ3n) is 4.16. The number of amides is 1. The van der Waals surface area contributed by atoms with Crippen molar-refractivity contribution < 1.29 is 14.3 Å². The molecule has 108 valence electrons. The Balaban J connectivity index is 1.67. The fourth-order valence-corrected chi connectivity index (χ4v) is 2.90. The summed E-state index contributed by atoms with van der Waals surface area (Å²) in [4.78, 5) is 12.2. The minimum absolute atomic E-state index is 0.000969. The summed E-state index contributed by atoms with van der Waals surface area (Å²) in [6, 6.07) is 5.68. The van der Waals surface area contributed by atoms with Crippen molar-refractivity contribution in [2.75, 3.05) is 6.79 Å². The van der Waals surface area contributed by atoms with Crippen molar-refractivity contribution in [2.45, 2.75) is 38.3 Å². The normalized spacial score (nSPS) is 25.5. The van der Waals surface area contributed by atoms with Crippen molar-refractivity contribution in [3.05, 3.63) is 23.8 Å². The number of fused-ring (bicyclic) bond motifs is 1. The zero-order chi connectivity index (χ0) is 14.1. The van der Waals surface area contributed by atoms with Crippen molar-refractivity contribution in [2.24, 2.45) is 11.7 Å². The number of rotatable bonds is 3. The molecule has 0 spiro atoms. The molecule has 1 aromatic rings. The molecule has 3 atom stereocenters. The topological polar surface area (TPSA) is 73.6 Å². The van der Waals surface area contributed by atoms with Crippen LogP contribution in [0.4, 0.5) is 0 Å². The van der Waals surface area contributed by atoms with Gasteiger partial charge in [0, 0.05) is 6.04 Å². The summed E-state index contributed by atoms with van der Waals surface area (Å²) in [5.74, 6) is 1.50. The Kier molecular flexibility index (Phi) is 3.53. The second kappa shape index (κ2) is 5.32. The molecule has 20 heavy (non-hydrogen) atoms. The second-order valence-electron chi connectivity index (χ2n) is 5.54. The van der Waals surface area contributed by atoms with E-state index in [9.17, 15) is 4.79 Å². The van der Waals surface area contributed by atoms with Gasteiger partial charge in [0.2, 0.25) is 12.7 Å². The van der Waals surface area contributed by atoms with Gasteiger partial charge in [0.15, 0.2) is 11.5 Å². The molecule has 1 aliphatic heterocycles. The van der Waals surface area contributed by atoms with Crippen LogP contribution in [0.2, 0.25) is 0 Å². The van der Waals surface area contributed by atoms with Crippen molar-refractivity contribution in [1.29, 1.82) is 0 Å². The zero-order valence-electron chi connectivity index (χ0n) is 11.6. The molecule has 1 amide bonds. The van der Waals surface area contributed by atoms with Crippen molar-refractivity contribution >= 4 is 5.91 Å². The average Bonchev–Trinajstić information content (AvgIpc) is 3.05. The van der Waals surface area contributed by atoms with Crippen molar-refractivity contribution in [3.8, 4) is 11.5 Å². The molecule has 0 saturated heterocycles. The van der Waals surface area contributed by atoms with Gasteiger partial charge < -0.3 is 20.5 Å². The molecule has 1 saturated carbocycles. The predicted octanol–water partition coefficient (Wildman–Crippen LogP) is 1.72. The van der Waals surface area contributed by atoms with Gasteiger partial charge in [0.25, 0.3) is 0 Å². The zero-order valence-corrected chi connectivity index (χ0v) is 11.6. The van der Waals surface area contributed by atoms with E-state index < -0.39 is 0 Å². The van der Waals surface area contributed by atoms with Gasteiger partial charge in [-0.1, -0.05) is 12.5 Å². The van der Waals surface area contributed by atoms with Crippen LogP contribution in [0.3, 0.4) is 0 Å². The van der Waals surface area contributed by atoms with Crippen LogP contribution in [-0.4, -0.2) is 18.7 Å². The van der Waals surface area contributed by atoms with Crippen LogP contribution in [0.1, 0.15) is 37.8 Å². The van der Waals surface area contributed by atoms with E-state index in [0.717, 1.165) is 36.3 Å². The maximum absolute atomic E-state index is 12.2. The Bertz CT molecular complexity index is 518. The number of nitrogens with two attached hydrogens (primary N) is 1. The first-order valence-electron chi connectivity index (χ1n) is 7.10. The van der Waals surface area contributed by atoms with Crippen LogP contribution >= 0.6 is 0 Å². The van der Waals surface area contributed by atoms with E-state index in [-0.39, 0.29) is 30.7 Å². The van der Waals surface area contributed by atoms with Crippen molar-refractivity contribution in [3.63, 3.8) is 0 Å². The van der Waals surface area contributed by atoms with Crippen LogP contribution in [-0.2, 0) is 4.79 Å². The molecule has 3 rings (SSSR count). The molecule has 1 aromatic carbocycles. The summed E-state index contributed by atoms with van der Waals surface area (Å²) in [5, 5.41) is 3.04. The maximum atomic E-state index is 12.2. The van der Waals surface area contributed by atoms with Crippen molar-refractivity contribution in [1.82, 2.24) is 5.32 Å². The van der Waals surface area contributed by atoms with Gasteiger partial charge in [-0.15, -0.1) is 0 Å². The standard InChI is InChI=1S/C15H20N2O3/c1-9(17-15(18)11-3-2-4-12(11)16)10-5-6-13-14(7-10)20-8-19-13/h5-7,9,11-12H,2-4,8,16H2,1H3,(H,17,18). The lowest BCUT2D eigenvalue weighted by Gasteiger charge is -2.20. The van der Waals surface area contributed by atoms with E-state index in [0.29, 0.717) is 0 Å². The van der Waals surface area contributed by atoms with Crippen LogP contribution in [0.25, 0.3) is 0 Å². The summed E-state index contributed by atoms with van der Waals surface area (Å²) in [7, 11) is 0. The number of ether oxygens (including phenoxy) is 2. The summed E-state index contributed by atoms with van der Waals surface area (Å²) in [6.07, 6.45) is 2.87. The van der Waals surface area contributed by atoms with E-state index in [1.807, 2.05) is 25.1 Å². The molecule has 5 heteroatoms. The first kappa shape index (κ1) is 13.2. The Hall–Kier alpha value is -1.75. The highest BCUT2D eigenvalue weighted by atomic mass is 16.7. The molecule has 1 fully saturated rings. The number of carbonyl (C=O) groups excluding carboxylic acids is 1. The molecular weight excluding hydrogens is 256 g/mol. The second-order valence-corrected chi connectivity index (χ2v) is 5.54. The Morgan fingerprint density at radius 3 is 2.90 bits per heavy atom. The van der Waals surface area contributed by atoms with E-state index in [4.69, 9.17) is 15.2 Å². The summed E-state index contributed by atoms with van der Waals surface area (Å²) < 4.78 is 10.6. The quantitative estimate of drug-likeness (QED) is 0.881. The van der Waals surface area contributed by atoms with Gasteiger partial charge in [-0.3, -0.25) is 4.79 Å². The minimum atomic E-state index is -0.0650. The average molecular weight is 276 g/mol. The monoisotopic (exact) mass is 276 g/mol. The molecule has 0 radical (unpaired) electrons. The molecule has 3 N–H and O–H groups in total. The number of carbonyl (C=O) groups is 1. The molecule has 1 heterocycles. The van der Waals surface area contributed by atoms with Crippen LogP contribution in [0.15, 0.2) is 18.2 Å². The van der Waals surface area contributed by atoms with E-state index in [1.54, 1.807) is 0 Å². The summed E-state index contributed by atoms with van der Waals surface area (Å²) >= 11 is 0. The van der Waals surface area contributed by atoms with Gasteiger partial charge in [-0.2, -0.15) is 0 Å². The van der Waals surface area contributed by atoms with Crippen LogP contribution in [0, 0.1) is 5.92 Å².